The molecule has 0 spiro atoms. The highest BCUT2D eigenvalue weighted by atomic mass is 19.1. The molecule has 0 bridgehead atoms. The lowest BCUT2D eigenvalue weighted by Crippen LogP contribution is -2.06. The van der Waals surface area contributed by atoms with E-state index in [-0.39, 0.29) is 17.5 Å². The number of methoxy groups -OCH3 is 2. The Kier molecular flexibility index (Phi) is 6.49. The van der Waals surface area contributed by atoms with E-state index in [1.807, 2.05) is 13.8 Å². The van der Waals surface area contributed by atoms with E-state index in [1.165, 1.54) is 20.3 Å². The van der Waals surface area contributed by atoms with E-state index < -0.39 is 0 Å². The summed E-state index contributed by atoms with van der Waals surface area (Å²) in [6.45, 7) is 3.84. The Morgan fingerprint density at radius 2 is 1.80 bits per heavy atom. The molecule has 3 nitrogen and oxygen atoms in total. The van der Waals surface area contributed by atoms with Crippen molar-refractivity contribution in [3.8, 4) is 11.5 Å². The minimum Gasteiger partial charge on any atom is -0.493 e. The first-order valence-electron chi connectivity index (χ1n) is 7.00. The van der Waals surface area contributed by atoms with Crippen molar-refractivity contribution in [3.05, 3.63) is 23.5 Å². The zero-order valence-corrected chi connectivity index (χ0v) is 12.7. The molecule has 0 saturated carbocycles. The molecule has 0 aliphatic carbocycles. The van der Waals surface area contributed by atoms with Crippen LogP contribution in [0.5, 0.6) is 11.5 Å². The molecule has 0 aliphatic heterocycles. The molecular weight excluding hydrogens is 259 g/mol. The third-order valence-corrected chi connectivity index (χ3v) is 3.60. The molecule has 0 aliphatic rings. The van der Waals surface area contributed by atoms with Crippen LogP contribution in [0.3, 0.4) is 0 Å². The van der Waals surface area contributed by atoms with Crippen molar-refractivity contribution >= 4 is 5.78 Å². The van der Waals surface area contributed by atoms with E-state index in [9.17, 15) is 9.18 Å². The van der Waals surface area contributed by atoms with E-state index in [4.69, 9.17) is 9.47 Å². The maximum atomic E-state index is 14.2. The van der Waals surface area contributed by atoms with E-state index >= 15 is 0 Å². The molecule has 0 heterocycles. The molecule has 0 radical (unpaired) electrons. The van der Waals surface area contributed by atoms with Crippen LogP contribution in [0.2, 0.25) is 0 Å². The number of rotatable bonds is 8. The van der Waals surface area contributed by atoms with Gasteiger partial charge < -0.3 is 9.47 Å². The van der Waals surface area contributed by atoms with Crippen molar-refractivity contribution in [1.82, 2.24) is 0 Å². The van der Waals surface area contributed by atoms with Crippen LogP contribution in [-0.4, -0.2) is 20.0 Å². The molecule has 1 aromatic carbocycles. The van der Waals surface area contributed by atoms with Gasteiger partial charge in [0.15, 0.2) is 11.5 Å². The summed E-state index contributed by atoms with van der Waals surface area (Å²) in [5, 5.41) is 0. The van der Waals surface area contributed by atoms with E-state index in [2.05, 4.69) is 0 Å². The van der Waals surface area contributed by atoms with Gasteiger partial charge in [-0.25, -0.2) is 4.39 Å². The maximum Gasteiger partial charge on any atom is 0.163 e. The Balaban J connectivity index is 2.99. The number of Topliss-reactive ketones (excluding diaryl/α,β-unsaturated/α-hetero) is 1. The van der Waals surface area contributed by atoms with Crippen LogP contribution in [0.15, 0.2) is 12.1 Å². The van der Waals surface area contributed by atoms with Gasteiger partial charge in [0, 0.05) is 18.9 Å². The third kappa shape index (κ3) is 3.95. The SMILES string of the molecule is CCC(=O)CCC(CC)c1cc(OC)c(OC)cc1F. The van der Waals surface area contributed by atoms with Gasteiger partial charge >= 0.3 is 0 Å². The first-order chi connectivity index (χ1) is 9.57. The van der Waals surface area contributed by atoms with Crippen molar-refractivity contribution in [3.63, 3.8) is 0 Å². The minimum atomic E-state index is -0.307. The predicted molar refractivity (Wildman–Crippen MR) is 77.1 cm³/mol. The van der Waals surface area contributed by atoms with Crippen LogP contribution in [0, 0.1) is 5.82 Å². The lowest BCUT2D eigenvalue weighted by atomic mass is 9.90. The smallest absolute Gasteiger partial charge is 0.163 e. The largest absolute Gasteiger partial charge is 0.493 e. The van der Waals surface area contributed by atoms with Crippen molar-refractivity contribution in [2.45, 2.75) is 45.4 Å². The zero-order valence-electron chi connectivity index (χ0n) is 12.7. The molecular formula is C16H23FO3. The molecule has 4 heteroatoms. The Hall–Kier alpha value is -1.58. The van der Waals surface area contributed by atoms with Crippen molar-refractivity contribution in [1.29, 1.82) is 0 Å². The summed E-state index contributed by atoms with van der Waals surface area (Å²) in [5.74, 6) is 0.825. The summed E-state index contributed by atoms with van der Waals surface area (Å²) in [6, 6.07) is 3.03. The summed E-state index contributed by atoms with van der Waals surface area (Å²) in [4.78, 5) is 11.4. The number of benzene rings is 1. The highest BCUT2D eigenvalue weighted by Gasteiger charge is 2.19. The van der Waals surface area contributed by atoms with E-state index in [0.717, 1.165) is 6.42 Å². The van der Waals surface area contributed by atoms with E-state index in [1.54, 1.807) is 6.07 Å². The van der Waals surface area contributed by atoms with Gasteiger partial charge in [-0.1, -0.05) is 13.8 Å². The fourth-order valence-corrected chi connectivity index (χ4v) is 2.27. The molecule has 1 rings (SSSR count). The van der Waals surface area contributed by atoms with Crippen LogP contribution >= 0.6 is 0 Å². The van der Waals surface area contributed by atoms with Gasteiger partial charge in [-0.2, -0.15) is 0 Å². The van der Waals surface area contributed by atoms with Gasteiger partial charge in [0.05, 0.1) is 14.2 Å². The van der Waals surface area contributed by atoms with Gasteiger partial charge in [-0.05, 0) is 30.4 Å². The lowest BCUT2D eigenvalue weighted by Gasteiger charge is -2.18. The summed E-state index contributed by atoms with van der Waals surface area (Å²) >= 11 is 0. The monoisotopic (exact) mass is 282 g/mol. The number of ketones is 1. The predicted octanol–water partition coefficient (Wildman–Crippen LogP) is 4.10. The number of hydrogen-bond acceptors (Lipinski definition) is 3. The second-order valence-electron chi connectivity index (χ2n) is 4.76. The number of carbonyl (C=O) groups is 1. The average Bonchev–Trinajstić information content (AvgIpc) is 2.48. The molecule has 0 aromatic heterocycles. The quantitative estimate of drug-likeness (QED) is 0.720. The molecule has 0 amide bonds. The van der Waals surface area contributed by atoms with Crippen molar-refractivity contribution < 1.29 is 18.7 Å². The molecule has 1 unspecified atom stereocenters. The summed E-state index contributed by atoms with van der Waals surface area (Å²) in [6.07, 6.45) is 2.46. The molecule has 0 fully saturated rings. The number of carbonyl (C=O) groups excluding carboxylic acids is 1. The summed E-state index contributed by atoms with van der Waals surface area (Å²) in [7, 11) is 3.01. The normalized spacial score (nSPS) is 12.1. The van der Waals surface area contributed by atoms with Crippen LogP contribution in [-0.2, 0) is 4.79 Å². The number of halogens is 1. The molecule has 0 saturated heterocycles. The van der Waals surface area contributed by atoms with Crippen LogP contribution in [0.4, 0.5) is 4.39 Å². The van der Waals surface area contributed by atoms with Gasteiger partial charge in [0.2, 0.25) is 0 Å². The Morgan fingerprint density at radius 3 is 2.30 bits per heavy atom. The second kappa shape index (κ2) is 7.88. The highest BCUT2D eigenvalue weighted by Crippen LogP contribution is 2.35. The highest BCUT2D eigenvalue weighted by molar-refractivity contribution is 5.78. The van der Waals surface area contributed by atoms with Crippen molar-refractivity contribution in [2.75, 3.05) is 14.2 Å². The minimum absolute atomic E-state index is 0.0188. The standard InChI is InChI=1S/C16H23FO3/c1-5-11(7-8-12(18)6-2)13-9-15(19-3)16(20-4)10-14(13)17/h9-11H,5-8H2,1-4H3. The third-order valence-electron chi connectivity index (χ3n) is 3.60. The van der Waals surface area contributed by atoms with Gasteiger partial charge in [0.25, 0.3) is 0 Å². The average molecular weight is 282 g/mol. The second-order valence-corrected chi connectivity index (χ2v) is 4.76. The molecule has 0 N–H and O–H groups in total. The van der Waals surface area contributed by atoms with Crippen molar-refractivity contribution in [2.24, 2.45) is 0 Å². The number of ether oxygens (including phenoxy) is 2. The Bertz CT molecular complexity index is 457. The zero-order chi connectivity index (χ0) is 15.1. The van der Waals surface area contributed by atoms with Crippen LogP contribution in [0.25, 0.3) is 0 Å². The van der Waals surface area contributed by atoms with Crippen LogP contribution < -0.4 is 9.47 Å². The number of hydrogen-bond donors (Lipinski definition) is 0. The molecule has 1 aromatic rings. The summed E-state index contributed by atoms with van der Waals surface area (Å²) < 4.78 is 24.5. The van der Waals surface area contributed by atoms with Gasteiger partial charge in [-0.15, -0.1) is 0 Å². The first kappa shape index (κ1) is 16.5. The van der Waals surface area contributed by atoms with Gasteiger partial charge in [0.1, 0.15) is 11.6 Å². The molecule has 20 heavy (non-hydrogen) atoms. The summed E-state index contributed by atoms with van der Waals surface area (Å²) in [5.41, 5.74) is 0.592. The van der Waals surface area contributed by atoms with E-state index in [0.29, 0.717) is 36.3 Å². The Labute approximate surface area is 120 Å². The fraction of sp³-hybridized carbons (Fsp3) is 0.562. The first-order valence-corrected chi connectivity index (χ1v) is 7.00. The Morgan fingerprint density at radius 1 is 1.20 bits per heavy atom. The maximum absolute atomic E-state index is 14.2. The topological polar surface area (TPSA) is 35.5 Å². The van der Waals surface area contributed by atoms with Crippen LogP contribution in [0.1, 0.15) is 51.0 Å². The van der Waals surface area contributed by atoms with Gasteiger partial charge in [-0.3, -0.25) is 4.79 Å². The molecule has 112 valence electrons. The fourth-order valence-electron chi connectivity index (χ4n) is 2.27. The molecule has 1 atom stereocenters. The lowest BCUT2D eigenvalue weighted by molar-refractivity contribution is -0.118.